The van der Waals surface area contributed by atoms with Crippen molar-refractivity contribution < 1.29 is 24.9 Å². The topological polar surface area (TPSA) is 94.8 Å². The molecular formula is C25H40O5. The Hall–Kier alpha value is -1.30. The van der Waals surface area contributed by atoms with E-state index in [1.807, 2.05) is 13.0 Å². The molecule has 30 heavy (non-hydrogen) atoms. The van der Waals surface area contributed by atoms with Gasteiger partial charge in [0.05, 0.1) is 6.10 Å². The molecule has 0 spiro atoms. The van der Waals surface area contributed by atoms with Crippen molar-refractivity contribution >= 4 is 11.6 Å². The van der Waals surface area contributed by atoms with Crippen LogP contribution in [0.1, 0.15) is 67.2 Å². The molecule has 2 saturated carbocycles. The highest BCUT2D eigenvalue weighted by Crippen LogP contribution is 2.62. The molecule has 5 heteroatoms. The van der Waals surface area contributed by atoms with Gasteiger partial charge in [0.15, 0.2) is 11.6 Å². The predicted octanol–water partition coefficient (Wildman–Crippen LogP) is 3.47. The lowest BCUT2D eigenvalue weighted by molar-refractivity contribution is -0.150. The molecule has 7 unspecified atom stereocenters. The molecule has 3 aliphatic carbocycles. The first-order valence-corrected chi connectivity index (χ1v) is 11.4. The Morgan fingerprint density at radius 3 is 2.43 bits per heavy atom. The molecule has 0 radical (unpaired) electrons. The average Bonchev–Trinajstić information content (AvgIpc) is 2.65. The minimum absolute atomic E-state index is 0.0405. The molecule has 2 fully saturated rings. The van der Waals surface area contributed by atoms with Crippen LogP contribution in [0.5, 0.6) is 0 Å². The van der Waals surface area contributed by atoms with E-state index in [0.29, 0.717) is 18.8 Å². The van der Waals surface area contributed by atoms with Gasteiger partial charge in [-0.15, -0.1) is 0 Å². The van der Waals surface area contributed by atoms with Crippen molar-refractivity contribution in [2.24, 2.45) is 34.5 Å². The van der Waals surface area contributed by atoms with Crippen LogP contribution in [0.4, 0.5) is 0 Å². The number of aliphatic hydroxyl groups excluding tert-OH is 3. The number of fused-ring (bicyclic) bond motifs is 3. The van der Waals surface area contributed by atoms with Crippen LogP contribution in [0, 0.1) is 34.5 Å². The van der Waals surface area contributed by atoms with Crippen molar-refractivity contribution in [3.05, 3.63) is 23.8 Å². The van der Waals surface area contributed by atoms with Gasteiger partial charge >= 0.3 is 0 Å². The maximum atomic E-state index is 12.4. The summed E-state index contributed by atoms with van der Waals surface area (Å²) < 4.78 is 0. The summed E-state index contributed by atoms with van der Waals surface area (Å²) in [5, 5.41) is 28.7. The van der Waals surface area contributed by atoms with Crippen LogP contribution < -0.4 is 0 Å². The zero-order chi connectivity index (χ0) is 22.9. The Labute approximate surface area is 181 Å². The number of ketones is 2. The molecule has 0 aliphatic heterocycles. The Kier molecular flexibility index (Phi) is 7.87. The number of hydrogen-bond acceptors (Lipinski definition) is 5. The van der Waals surface area contributed by atoms with E-state index in [1.54, 1.807) is 26.0 Å². The molecule has 3 N–H and O–H groups in total. The van der Waals surface area contributed by atoms with E-state index in [-0.39, 0.29) is 46.3 Å². The van der Waals surface area contributed by atoms with E-state index in [2.05, 4.69) is 20.8 Å². The van der Waals surface area contributed by atoms with Crippen molar-refractivity contribution in [3.8, 4) is 0 Å². The summed E-state index contributed by atoms with van der Waals surface area (Å²) in [5.41, 5.74) is 0.537. The molecule has 0 saturated heterocycles. The number of allylic oxidation sites excluding steroid dienone is 4. The first-order chi connectivity index (χ1) is 13.9. The van der Waals surface area contributed by atoms with E-state index in [1.165, 1.54) is 0 Å². The molecule has 3 rings (SSSR count). The van der Waals surface area contributed by atoms with Gasteiger partial charge in [0, 0.05) is 23.4 Å². The zero-order valence-electron chi connectivity index (χ0n) is 19.4. The third-order valence-electron chi connectivity index (χ3n) is 8.00. The second-order valence-electron chi connectivity index (χ2n) is 10.2. The molecule has 0 aromatic carbocycles. The van der Waals surface area contributed by atoms with Gasteiger partial charge in [-0.1, -0.05) is 39.3 Å². The lowest BCUT2D eigenvalue weighted by Crippen LogP contribution is -2.58. The molecular weight excluding hydrogens is 380 g/mol. The minimum atomic E-state index is -0.520. The van der Waals surface area contributed by atoms with E-state index in [0.717, 1.165) is 18.4 Å². The second kappa shape index (κ2) is 9.46. The Morgan fingerprint density at radius 2 is 1.90 bits per heavy atom. The van der Waals surface area contributed by atoms with Gasteiger partial charge in [-0.3, -0.25) is 9.59 Å². The molecule has 0 aromatic rings. The highest BCUT2D eigenvalue weighted by molar-refractivity contribution is 6.01. The van der Waals surface area contributed by atoms with Crippen molar-refractivity contribution in [2.45, 2.75) is 79.4 Å². The Bertz CT molecular complexity index is 706. The zero-order valence-corrected chi connectivity index (χ0v) is 19.4. The highest BCUT2D eigenvalue weighted by atomic mass is 16.3. The van der Waals surface area contributed by atoms with Gasteiger partial charge < -0.3 is 15.3 Å². The smallest absolute Gasteiger partial charge is 0.178 e. The summed E-state index contributed by atoms with van der Waals surface area (Å²) in [4.78, 5) is 24.2. The van der Waals surface area contributed by atoms with Crippen LogP contribution in [0.25, 0.3) is 0 Å². The Balaban J connectivity index is 0.000000735. The van der Waals surface area contributed by atoms with Crippen molar-refractivity contribution in [2.75, 3.05) is 6.61 Å². The fraction of sp³-hybridized carbons (Fsp3) is 0.760. The number of carbonyl (C=O) groups excluding carboxylic acids is 2. The summed E-state index contributed by atoms with van der Waals surface area (Å²) in [5.74, 6) is 0.324. The van der Waals surface area contributed by atoms with Crippen LogP contribution in [-0.2, 0) is 9.59 Å². The summed E-state index contributed by atoms with van der Waals surface area (Å²) >= 11 is 0. The lowest BCUT2D eigenvalue weighted by Gasteiger charge is -2.60. The van der Waals surface area contributed by atoms with Gasteiger partial charge in [0.25, 0.3) is 0 Å². The number of carbonyl (C=O) groups is 2. The molecule has 0 amide bonds. The first kappa shape index (κ1) is 25.0. The maximum Gasteiger partial charge on any atom is 0.178 e. The minimum Gasteiger partial charge on any atom is -0.394 e. The second-order valence-corrected chi connectivity index (χ2v) is 10.2. The number of aliphatic hydroxyl groups is 3. The van der Waals surface area contributed by atoms with Gasteiger partial charge in [0.1, 0.15) is 6.61 Å². The number of rotatable bonds is 4. The van der Waals surface area contributed by atoms with Gasteiger partial charge in [-0.05, 0) is 68.9 Å². The standard InChI is InChI=1S/C22H32O4.C3H8O/c1-5-17(19(26)12-23)22(4)11-18(25)20-16(13(22)2)7-6-14-10-15(24)8-9-21(14,20)3;1-3(2)4/h8-10,13,16-18,20,23,25H,5-7,11-12H2,1-4H3;3-4H,1-2H3. The lowest BCUT2D eigenvalue weighted by atomic mass is 9.45. The maximum absolute atomic E-state index is 12.4. The van der Waals surface area contributed by atoms with Crippen LogP contribution in [0.15, 0.2) is 23.8 Å². The average molecular weight is 421 g/mol. The summed E-state index contributed by atoms with van der Waals surface area (Å²) in [7, 11) is 0. The predicted molar refractivity (Wildman–Crippen MR) is 118 cm³/mol. The normalized spacial score (nSPS) is 38.7. The fourth-order valence-electron chi connectivity index (χ4n) is 6.48. The van der Waals surface area contributed by atoms with Crippen LogP contribution >= 0.6 is 0 Å². The van der Waals surface area contributed by atoms with E-state index >= 15 is 0 Å². The van der Waals surface area contributed by atoms with Crippen LogP contribution in [-0.4, -0.2) is 45.7 Å². The van der Waals surface area contributed by atoms with E-state index in [9.17, 15) is 19.8 Å². The third kappa shape index (κ3) is 4.49. The van der Waals surface area contributed by atoms with E-state index in [4.69, 9.17) is 5.11 Å². The van der Waals surface area contributed by atoms with E-state index < -0.39 is 12.7 Å². The first-order valence-electron chi connectivity index (χ1n) is 11.4. The molecule has 5 nitrogen and oxygen atoms in total. The summed E-state index contributed by atoms with van der Waals surface area (Å²) in [6, 6.07) is 0. The van der Waals surface area contributed by atoms with Gasteiger partial charge in [-0.25, -0.2) is 0 Å². The van der Waals surface area contributed by atoms with Crippen LogP contribution in [0.3, 0.4) is 0 Å². The molecule has 0 bridgehead atoms. The SMILES string of the molecule is CC(C)O.CCC(C(=O)CO)C1(C)CC(O)C2C(CCC3=CC(=O)C=CC32C)C1C. The fourth-order valence-corrected chi connectivity index (χ4v) is 6.48. The molecule has 0 heterocycles. The largest absolute Gasteiger partial charge is 0.394 e. The van der Waals surface area contributed by atoms with Crippen molar-refractivity contribution in [3.63, 3.8) is 0 Å². The molecule has 0 aromatic heterocycles. The molecule has 170 valence electrons. The summed E-state index contributed by atoms with van der Waals surface area (Å²) in [6.07, 6.45) is 7.75. The number of hydrogen-bond donors (Lipinski definition) is 3. The monoisotopic (exact) mass is 420 g/mol. The van der Waals surface area contributed by atoms with Crippen LogP contribution in [0.2, 0.25) is 0 Å². The van der Waals surface area contributed by atoms with Gasteiger partial charge in [0.2, 0.25) is 0 Å². The van der Waals surface area contributed by atoms with Crippen molar-refractivity contribution in [1.82, 2.24) is 0 Å². The highest BCUT2D eigenvalue weighted by Gasteiger charge is 2.58. The van der Waals surface area contributed by atoms with Crippen molar-refractivity contribution in [1.29, 1.82) is 0 Å². The third-order valence-corrected chi connectivity index (χ3v) is 8.00. The Morgan fingerprint density at radius 1 is 1.30 bits per heavy atom. The molecule has 7 atom stereocenters. The van der Waals surface area contributed by atoms with Gasteiger partial charge in [-0.2, -0.15) is 0 Å². The number of Topliss-reactive ketones (excluding diaryl/α,β-unsaturated/α-hetero) is 1. The summed E-state index contributed by atoms with van der Waals surface area (Å²) in [6.45, 7) is 11.5. The molecule has 3 aliphatic rings. The quantitative estimate of drug-likeness (QED) is 0.647.